The first kappa shape index (κ1) is 15.9. The molecular formula is C11H16ClN3O3S. The molecule has 106 valence electrons. The third-order valence-corrected chi connectivity index (χ3v) is 4.36. The second-order valence-corrected chi connectivity index (χ2v) is 6.27. The summed E-state index contributed by atoms with van der Waals surface area (Å²) in [5.41, 5.74) is 11.1. The Morgan fingerprint density at radius 1 is 1.47 bits per heavy atom. The first-order valence-corrected chi connectivity index (χ1v) is 7.41. The lowest BCUT2D eigenvalue weighted by molar-refractivity contribution is -0.118. The van der Waals surface area contributed by atoms with Crippen molar-refractivity contribution in [2.45, 2.75) is 30.8 Å². The molecule has 1 aromatic carbocycles. The standard InChI is InChI=1S/C11H16ClN3O3S/c1-7(4-11(14)16)15-19(17,18)9-3-2-8(6-13)10(12)5-9/h2-3,5,7,15H,4,6,13H2,1H3,(H2,14,16). The van der Waals surface area contributed by atoms with Crippen LogP contribution in [-0.4, -0.2) is 20.4 Å². The van der Waals surface area contributed by atoms with Crippen molar-refractivity contribution in [1.82, 2.24) is 4.72 Å². The molecule has 1 rings (SSSR count). The molecule has 0 radical (unpaired) electrons. The average Bonchev–Trinajstić information content (AvgIpc) is 2.26. The van der Waals surface area contributed by atoms with Gasteiger partial charge in [0.1, 0.15) is 0 Å². The van der Waals surface area contributed by atoms with Gasteiger partial charge in [0.05, 0.1) is 4.90 Å². The Morgan fingerprint density at radius 2 is 2.11 bits per heavy atom. The summed E-state index contributed by atoms with van der Waals surface area (Å²) in [6.45, 7) is 1.78. The molecule has 8 heteroatoms. The van der Waals surface area contributed by atoms with E-state index in [2.05, 4.69) is 4.72 Å². The molecule has 0 spiro atoms. The fourth-order valence-electron chi connectivity index (χ4n) is 1.54. The molecule has 0 aromatic heterocycles. The van der Waals surface area contributed by atoms with E-state index in [1.54, 1.807) is 13.0 Å². The largest absolute Gasteiger partial charge is 0.370 e. The minimum absolute atomic E-state index is 0.0195. The smallest absolute Gasteiger partial charge is 0.240 e. The van der Waals surface area contributed by atoms with Crippen molar-refractivity contribution in [3.8, 4) is 0 Å². The van der Waals surface area contributed by atoms with Gasteiger partial charge < -0.3 is 11.5 Å². The van der Waals surface area contributed by atoms with Crippen LogP contribution in [0.25, 0.3) is 0 Å². The van der Waals surface area contributed by atoms with E-state index < -0.39 is 22.0 Å². The normalized spacial score (nSPS) is 13.2. The molecule has 19 heavy (non-hydrogen) atoms. The summed E-state index contributed by atoms with van der Waals surface area (Å²) in [6.07, 6.45) is -0.0755. The van der Waals surface area contributed by atoms with E-state index in [9.17, 15) is 13.2 Å². The molecule has 0 saturated heterocycles. The van der Waals surface area contributed by atoms with E-state index in [-0.39, 0.29) is 22.9 Å². The molecule has 1 atom stereocenters. The Labute approximate surface area is 117 Å². The van der Waals surface area contributed by atoms with Gasteiger partial charge in [0.15, 0.2) is 0 Å². The fourth-order valence-corrected chi connectivity index (χ4v) is 3.13. The van der Waals surface area contributed by atoms with Crippen LogP contribution >= 0.6 is 11.6 Å². The number of sulfonamides is 1. The van der Waals surface area contributed by atoms with Gasteiger partial charge in [-0.15, -0.1) is 0 Å². The minimum Gasteiger partial charge on any atom is -0.370 e. The Bertz CT molecular complexity index is 575. The Morgan fingerprint density at radius 3 is 2.58 bits per heavy atom. The first-order chi connectivity index (χ1) is 8.76. The third-order valence-electron chi connectivity index (χ3n) is 2.42. The van der Waals surface area contributed by atoms with Crippen molar-refractivity contribution >= 4 is 27.5 Å². The second kappa shape index (κ2) is 6.33. The van der Waals surface area contributed by atoms with E-state index in [1.807, 2.05) is 0 Å². The summed E-state index contributed by atoms with van der Waals surface area (Å²) in [4.78, 5) is 10.7. The average molecular weight is 306 g/mol. The Kier molecular flexibility index (Phi) is 5.30. The summed E-state index contributed by atoms with van der Waals surface area (Å²) in [7, 11) is -3.74. The van der Waals surface area contributed by atoms with Crippen molar-refractivity contribution in [2.75, 3.05) is 0 Å². The quantitative estimate of drug-likeness (QED) is 0.703. The highest BCUT2D eigenvalue weighted by atomic mass is 35.5. The van der Waals surface area contributed by atoms with Gasteiger partial charge in [-0.25, -0.2) is 13.1 Å². The lowest BCUT2D eigenvalue weighted by atomic mass is 10.2. The van der Waals surface area contributed by atoms with Crippen LogP contribution in [0.5, 0.6) is 0 Å². The molecule has 1 amide bonds. The molecular weight excluding hydrogens is 290 g/mol. The van der Waals surface area contributed by atoms with Gasteiger partial charge in [0, 0.05) is 24.0 Å². The van der Waals surface area contributed by atoms with Crippen molar-refractivity contribution in [3.63, 3.8) is 0 Å². The molecule has 0 bridgehead atoms. The molecule has 0 heterocycles. The van der Waals surface area contributed by atoms with E-state index in [0.717, 1.165) is 0 Å². The third kappa shape index (κ3) is 4.46. The number of rotatable bonds is 6. The molecule has 0 aliphatic carbocycles. The maximum atomic E-state index is 12.0. The molecule has 0 fully saturated rings. The number of halogens is 1. The zero-order chi connectivity index (χ0) is 14.6. The van der Waals surface area contributed by atoms with Crippen LogP contribution in [0.1, 0.15) is 18.9 Å². The van der Waals surface area contributed by atoms with Crippen LogP contribution in [0.4, 0.5) is 0 Å². The maximum Gasteiger partial charge on any atom is 0.240 e. The zero-order valence-electron chi connectivity index (χ0n) is 10.4. The van der Waals surface area contributed by atoms with Gasteiger partial charge in [0.2, 0.25) is 15.9 Å². The lowest BCUT2D eigenvalue weighted by Crippen LogP contribution is -2.35. The molecule has 0 aliphatic heterocycles. The van der Waals surface area contributed by atoms with Gasteiger partial charge in [-0.05, 0) is 24.6 Å². The summed E-state index contributed by atoms with van der Waals surface area (Å²) in [5, 5.41) is 0.285. The molecule has 5 N–H and O–H groups in total. The summed E-state index contributed by atoms with van der Waals surface area (Å²) >= 11 is 5.91. The highest BCUT2D eigenvalue weighted by molar-refractivity contribution is 7.89. The number of nitrogens with one attached hydrogen (secondary N) is 1. The lowest BCUT2D eigenvalue weighted by Gasteiger charge is -2.13. The van der Waals surface area contributed by atoms with Crippen LogP contribution in [-0.2, 0) is 21.4 Å². The van der Waals surface area contributed by atoms with Crippen LogP contribution in [0.2, 0.25) is 5.02 Å². The van der Waals surface area contributed by atoms with Gasteiger partial charge in [0.25, 0.3) is 0 Å². The van der Waals surface area contributed by atoms with Crippen molar-refractivity contribution in [3.05, 3.63) is 28.8 Å². The van der Waals surface area contributed by atoms with Crippen LogP contribution < -0.4 is 16.2 Å². The van der Waals surface area contributed by atoms with Gasteiger partial charge >= 0.3 is 0 Å². The van der Waals surface area contributed by atoms with E-state index >= 15 is 0 Å². The summed E-state index contributed by atoms with van der Waals surface area (Å²) < 4.78 is 26.4. The molecule has 0 saturated carbocycles. The molecule has 1 unspecified atom stereocenters. The number of carbonyl (C=O) groups is 1. The molecule has 0 aliphatic rings. The molecule has 6 nitrogen and oxygen atoms in total. The van der Waals surface area contributed by atoms with Gasteiger partial charge in [-0.2, -0.15) is 0 Å². The fraction of sp³-hybridized carbons (Fsp3) is 0.364. The predicted octanol–water partition coefficient (Wildman–Crippen LogP) is 0.341. The minimum atomic E-state index is -3.74. The summed E-state index contributed by atoms with van der Waals surface area (Å²) in [5.74, 6) is -0.577. The first-order valence-electron chi connectivity index (χ1n) is 5.55. The summed E-state index contributed by atoms with van der Waals surface area (Å²) in [6, 6.07) is 3.70. The van der Waals surface area contributed by atoms with E-state index in [4.69, 9.17) is 23.1 Å². The number of benzene rings is 1. The van der Waals surface area contributed by atoms with E-state index in [1.165, 1.54) is 12.1 Å². The SMILES string of the molecule is CC(CC(N)=O)NS(=O)(=O)c1ccc(CN)c(Cl)c1. The van der Waals surface area contributed by atoms with Crippen molar-refractivity contribution in [1.29, 1.82) is 0 Å². The van der Waals surface area contributed by atoms with Crippen LogP contribution in [0, 0.1) is 0 Å². The van der Waals surface area contributed by atoms with Gasteiger partial charge in [-0.1, -0.05) is 17.7 Å². The number of amides is 1. The topological polar surface area (TPSA) is 115 Å². The Balaban J connectivity index is 2.94. The highest BCUT2D eigenvalue weighted by Gasteiger charge is 2.19. The number of primary amides is 1. The van der Waals surface area contributed by atoms with Gasteiger partial charge in [-0.3, -0.25) is 4.79 Å². The number of carbonyl (C=O) groups excluding carboxylic acids is 1. The number of hydrogen-bond acceptors (Lipinski definition) is 4. The van der Waals surface area contributed by atoms with Crippen LogP contribution in [0.15, 0.2) is 23.1 Å². The maximum absolute atomic E-state index is 12.0. The van der Waals surface area contributed by atoms with Crippen LogP contribution in [0.3, 0.4) is 0 Å². The monoisotopic (exact) mass is 305 g/mol. The molecule has 1 aromatic rings. The second-order valence-electron chi connectivity index (χ2n) is 4.15. The Hall–Kier alpha value is -1.15. The van der Waals surface area contributed by atoms with E-state index in [0.29, 0.717) is 5.56 Å². The predicted molar refractivity (Wildman–Crippen MR) is 72.9 cm³/mol. The number of hydrogen-bond donors (Lipinski definition) is 3. The number of nitrogens with two attached hydrogens (primary N) is 2. The highest BCUT2D eigenvalue weighted by Crippen LogP contribution is 2.20. The van der Waals surface area contributed by atoms with Crippen molar-refractivity contribution in [2.24, 2.45) is 11.5 Å². The zero-order valence-corrected chi connectivity index (χ0v) is 12.0. The van der Waals surface area contributed by atoms with Crippen molar-refractivity contribution < 1.29 is 13.2 Å².